The van der Waals surface area contributed by atoms with Crippen LogP contribution in [0, 0.1) is 56.2 Å². The first kappa shape index (κ1) is 37.7. The van der Waals surface area contributed by atoms with Crippen LogP contribution in [0.3, 0.4) is 0 Å². The number of carboxylic acid groups (broad SMARTS) is 1. The molecule has 278 valence electrons. The van der Waals surface area contributed by atoms with Crippen LogP contribution in [0.2, 0.25) is 0 Å². The summed E-state index contributed by atoms with van der Waals surface area (Å²) in [5.74, 6) is 0.0829. The monoisotopic (exact) mass is 710 g/mol. The highest BCUT2D eigenvalue weighted by molar-refractivity contribution is 7.07. The molecule has 0 radical (unpaired) electrons. The molecule has 0 spiro atoms. The van der Waals surface area contributed by atoms with Crippen molar-refractivity contribution in [2.45, 2.75) is 145 Å². The molecule has 9 heteroatoms. The van der Waals surface area contributed by atoms with Crippen molar-refractivity contribution in [1.82, 2.24) is 10.3 Å². The van der Waals surface area contributed by atoms with Crippen molar-refractivity contribution in [3.8, 4) is 0 Å². The van der Waals surface area contributed by atoms with E-state index in [2.05, 4.69) is 58.8 Å². The van der Waals surface area contributed by atoms with Crippen LogP contribution in [0.1, 0.15) is 132 Å². The van der Waals surface area contributed by atoms with Gasteiger partial charge in [-0.2, -0.15) is 0 Å². The van der Waals surface area contributed by atoms with Gasteiger partial charge < -0.3 is 20.3 Å². The maximum Gasteiger partial charge on any atom is 0.309 e. The summed E-state index contributed by atoms with van der Waals surface area (Å²) in [5.41, 5.74) is 3.31. The van der Waals surface area contributed by atoms with Crippen LogP contribution in [0.25, 0.3) is 0 Å². The van der Waals surface area contributed by atoms with Crippen molar-refractivity contribution in [2.24, 2.45) is 56.2 Å². The number of carboxylic acids is 1. The van der Waals surface area contributed by atoms with Crippen molar-refractivity contribution in [1.29, 1.82) is 0 Å². The lowest BCUT2D eigenvalue weighted by molar-refractivity contribution is -0.235. The van der Waals surface area contributed by atoms with Gasteiger partial charge in [-0.25, -0.2) is 4.98 Å². The van der Waals surface area contributed by atoms with E-state index in [1.807, 2.05) is 10.9 Å². The predicted octanol–water partition coefficient (Wildman–Crippen LogP) is 7.99. The molecule has 0 saturated heterocycles. The molecule has 0 aliphatic heterocycles. The summed E-state index contributed by atoms with van der Waals surface area (Å²) in [6, 6.07) is 0. The maximum absolute atomic E-state index is 14.0. The fourth-order valence-corrected chi connectivity index (χ4v) is 13.3. The second kappa shape index (κ2) is 12.8. The Kier molecular flexibility index (Phi) is 9.63. The molecule has 5 aliphatic carbocycles. The summed E-state index contributed by atoms with van der Waals surface area (Å²) in [5, 5.41) is 27.1. The lowest BCUT2D eigenvalue weighted by atomic mass is 9.33. The average Bonchev–Trinajstić information content (AvgIpc) is 3.64. The summed E-state index contributed by atoms with van der Waals surface area (Å²) in [6.45, 7) is 20.7. The summed E-state index contributed by atoms with van der Waals surface area (Å²) < 4.78 is 6.16. The van der Waals surface area contributed by atoms with Gasteiger partial charge in [0, 0.05) is 35.7 Å². The molecule has 6 rings (SSSR count). The van der Waals surface area contributed by atoms with Crippen LogP contribution in [0.15, 0.2) is 22.0 Å². The quantitative estimate of drug-likeness (QED) is 0.209. The van der Waals surface area contributed by atoms with Crippen LogP contribution in [-0.4, -0.2) is 51.7 Å². The van der Waals surface area contributed by atoms with Gasteiger partial charge in [0.2, 0.25) is 0 Å². The Labute approximate surface area is 303 Å². The summed E-state index contributed by atoms with van der Waals surface area (Å²) >= 11 is 1.57. The number of rotatable bonds is 10. The SMILES string of the molecule is CC(C)C1=C2[C@H]3CC[C@@H]4[C@@]5(C)CC[C@H](OC(=O)CC(C)(C)C(=O)O)C(C)(C)[C@H]5CC[C@@]4(C)[C@]3(C)CCC2([C@@H](O)CNCc2cscn2)CC1=O. The Hall–Kier alpha value is -2.10. The van der Waals surface area contributed by atoms with Gasteiger partial charge in [-0.1, -0.05) is 54.0 Å². The lowest BCUT2D eigenvalue weighted by Crippen LogP contribution is -2.66. The Morgan fingerprint density at radius 1 is 1.02 bits per heavy atom. The number of nitrogens with zero attached hydrogens (tertiary/aromatic N) is 1. The lowest BCUT2D eigenvalue weighted by Gasteiger charge is -2.72. The first-order chi connectivity index (χ1) is 23.2. The molecule has 8 nitrogen and oxygen atoms in total. The minimum absolute atomic E-state index is 0.00287. The first-order valence-electron chi connectivity index (χ1n) is 19.2. The molecule has 9 atom stereocenters. The van der Waals surface area contributed by atoms with Crippen LogP contribution >= 0.6 is 11.3 Å². The number of hydrogen-bond donors (Lipinski definition) is 3. The highest BCUT2D eigenvalue weighted by Crippen LogP contribution is 2.77. The number of aliphatic carboxylic acids is 1. The van der Waals surface area contributed by atoms with E-state index in [4.69, 9.17) is 4.74 Å². The standard InChI is InChI=1S/C41H62N2O6S/c1-24(2)33-27(44)18-41(30(45)21-42-20-25-22-50-23-43-25)17-16-39(8)26(34(33)41)10-11-29-38(7)14-13-31(49-32(46)19-36(3,4)35(47)48)37(5,6)28(38)12-15-40(29,39)9/h22-24,26,28-31,42,45H,10-21H2,1-9H3,(H,47,48)/t26-,28-,29-,30+,31+,38+,39-,40-,41?/m1/s1. The minimum atomic E-state index is -1.16. The third kappa shape index (κ3) is 5.66. The number of carbonyl (C=O) groups is 3. The largest absolute Gasteiger partial charge is 0.481 e. The Morgan fingerprint density at radius 3 is 2.38 bits per heavy atom. The molecule has 1 aromatic rings. The fraction of sp³-hybridized carbons (Fsp3) is 0.805. The number of allylic oxidation sites excluding steroid dienone is 1. The van der Waals surface area contributed by atoms with Gasteiger partial charge in [-0.3, -0.25) is 14.4 Å². The van der Waals surface area contributed by atoms with Gasteiger partial charge >= 0.3 is 11.9 Å². The second-order valence-corrected chi connectivity index (χ2v) is 19.9. The average molecular weight is 711 g/mol. The molecule has 1 aromatic heterocycles. The van der Waals surface area contributed by atoms with Crippen molar-refractivity contribution in [3.05, 3.63) is 27.7 Å². The van der Waals surface area contributed by atoms with Gasteiger partial charge in [0.25, 0.3) is 0 Å². The normalized spacial score (nSPS) is 38.6. The number of hydrogen-bond acceptors (Lipinski definition) is 8. The Morgan fingerprint density at radius 2 is 1.74 bits per heavy atom. The summed E-state index contributed by atoms with van der Waals surface area (Å²) in [7, 11) is 0. The number of carbonyl (C=O) groups excluding carboxylic acids is 2. The number of thiazole rings is 1. The van der Waals surface area contributed by atoms with Crippen LogP contribution in [0.5, 0.6) is 0 Å². The number of esters is 1. The van der Waals surface area contributed by atoms with Gasteiger partial charge in [0.1, 0.15) is 6.10 Å². The van der Waals surface area contributed by atoms with E-state index in [1.165, 1.54) is 5.57 Å². The van der Waals surface area contributed by atoms with Gasteiger partial charge in [0.05, 0.1) is 29.1 Å². The predicted molar refractivity (Wildman–Crippen MR) is 195 cm³/mol. The van der Waals surface area contributed by atoms with Crippen LogP contribution in [-0.2, 0) is 25.7 Å². The fourth-order valence-electron chi connectivity index (χ4n) is 12.8. The van der Waals surface area contributed by atoms with E-state index in [0.29, 0.717) is 31.3 Å². The molecule has 3 N–H and O–H groups in total. The second-order valence-electron chi connectivity index (χ2n) is 19.2. The third-order valence-electron chi connectivity index (χ3n) is 15.6. The minimum Gasteiger partial charge on any atom is -0.481 e. The van der Waals surface area contributed by atoms with Crippen LogP contribution in [0.4, 0.5) is 0 Å². The summed E-state index contributed by atoms with van der Waals surface area (Å²) in [4.78, 5) is 43.1. The number of ketones is 1. The van der Waals surface area contributed by atoms with Crippen LogP contribution < -0.4 is 5.32 Å². The molecule has 0 bridgehead atoms. The zero-order valence-corrected chi connectivity index (χ0v) is 32.8. The van der Waals surface area contributed by atoms with Gasteiger partial charge in [0.15, 0.2) is 5.78 Å². The molecule has 0 amide bonds. The molecule has 0 aromatic carbocycles. The van der Waals surface area contributed by atoms with E-state index < -0.39 is 28.9 Å². The number of aliphatic hydroxyl groups is 1. The van der Waals surface area contributed by atoms with E-state index in [0.717, 1.165) is 62.6 Å². The highest BCUT2D eigenvalue weighted by Gasteiger charge is 2.70. The molecule has 4 fully saturated rings. The van der Waals surface area contributed by atoms with E-state index in [9.17, 15) is 24.6 Å². The van der Waals surface area contributed by atoms with E-state index in [-0.39, 0.29) is 51.8 Å². The van der Waals surface area contributed by atoms with Crippen molar-refractivity contribution < 1.29 is 29.3 Å². The van der Waals surface area contributed by atoms with Gasteiger partial charge in [-0.15, -0.1) is 11.3 Å². The number of nitrogens with one attached hydrogen (secondary N) is 1. The molecule has 5 aliphatic rings. The van der Waals surface area contributed by atoms with Gasteiger partial charge in [-0.05, 0) is 111 Å². The number of aliphatic hydroxyl groups excluding tert-OH is 1. The van der Waals surface area contributed by atoms with Crippen molar-refractivity contribution in [2.75, 3.05) is 6.54 Å². The molecule has 4 saturated carbocycles. The molecule has 1 heterocycles. The summed E-state index contributed by atoms with van der Waals surface area (Å²) in [6.07, 6.45) is 7.26. The zero-order chi connectivity index (χ0) is 36.7. The number of fused-ring (bicyclic) bond motifs is 7. The third-order valence-corrected chi connectivity index (χ3v) is 16.3. The number of Topliss-reactive ketones (excluding diaryl/α,β-unsaturated/α-hetero) is 1. The molecular formula is C41H62N2O6S. The number of aromatic nitrogens is 1. The zero-order valence-electron chi connectivity index (χ0n) is 32.0. The maximum atomic E-state index is 14.0. The van der Waals surface area contributed by atoms with E-state index in [1.54, 1.807) is 25.2 Å². The number of ether oxygens (including phenoxy) is 1. The first-order valence-corrected chi connectivity index (χ1v) is 20.2. The molecule has 1 unspecified atom stereocenters. The highest BCUT2D eigenvalue weighted by atomic mass is 32.1. The van der Waals surface area contributed by atoms with Crippen molar-refractivity contribution >= 4 is 29.1 Å². The Balaban J connectivity index is 1.27. The van der Waals surface area contributed by atoms with E-state index >= 15 is 0 Å². The molecular weight excluding hydrogens is 649 g/mol. The van der Waals surface area contributed by atoms with Crippen molar-refractivity contribution in [3.63, 3.8) is 0 Å². The smallest absolute Gasteiger partial charge is 0.309 e. The Bertz CT molecular complexity index is 1530. The molecule has 50 heavy (non-hydrogen) atoms. The topological polar surface area (TPSA) is 126 Å².